The van der Waals surface area contributed by atoms with Gasteiger partial charge in [0.15, 0.2) is 0 Å². The summed E-state index contributed by atoms with van der Waals surface area (Å²) in [5, 5.41) is 3.87. The van der Waals surface area contributed by atoms with E-state index < -0.39 is 5.95 Å². The van der Waals surface area contributed by atoms with Crippen molar-refractivity contribution in [2.75, 3.05) is 5.43 Å². The van der Waals surface area contributed by atoms with Crippen LogP contribution in [0.4, 0.5) is 10.2 Å². The first-order valence-electron chi connectivity index (χ1n) is 4.23. The number of nitrogens with one attached hydrogen (secondary N) is 1. The Morgan fingerprint density at radius 3 is 3.15 bits per heavy atom. The molecule has 0 bridgehead atoms. The van der Waals surface area contributed by atoms with Gasteiger partial charge in [-0.25, -0.2) is 4.98 Å². The van der Waals surface area contributed by atoms with Gasteiger partial charge in [-0.2, -0.15) is 9.49 Å². The van der Waals surface area contributed by atoms with Crippen molar-refractivity contribution in [3.8, 4) is 0 Å². The zero-order chi connectivity index (χ0) is 9.52. The third-order valence-corrected chi connectivity index (χ3v) is 1.40. The average molecular weight is 181 g/mol. The van der Waals surface area contributed by atoms with E-state index in [4.69, 9.17) is 0 Å². The van der Waals surface area contributed by atoms with Crippen LogP contribution in [0.25, 0.3) is 0 Å². The second kappa shape index (κ2) is 5.24. The molecule has 0 radical (unpaired) electrons. The van der Waals surface area contributed by atoms with Gasteiger partial charge >= 0.3 is 0 Å². The van der Waals surface area contributed by atoms with Crippen molar-refractivity contribution in [2.24, 2.45) is 5.10 Å². The van der Waals surface area contributed by atoms with Crippen LogP contribution in [0.5, 0.6) is 0 Å². The summed E-state index contributed by atoms with van der Waals surface area (Å²) in [6, 6.07) is 4.54. The smallest absolute Gasteiger partial charge is 0.214 e. The fourth-order valence-corrected chi connectivity index (χ4v) is 0.776. The topological polar surface area (TPSA) is 37.3 Å². The van der Waals surface area contributed by atoms with Gasteiger partial charge in [0.2, 0.25) is 5.95 Å². The van der Waals surface area contributed by atoms with Crippen LogP contribution in [-0.2, 0) is 0 Å². The van der Waals surface area contributed by atoms with Gasteiger partial charge < -0.3 is 0 Å². The van der Waals surface area contributed by atoms with Crippen LogP contribution in [-0.4, -0.2) is 11.2 Å². The van der Waals surface area contributed by atoms with Crippen LogP contribution in [0.15, 0.2) is 23.3 Å². The molecule has 0 saturated heterocycles. The van der Waals surface area contributed by atoms with Crippen LogP contribution >= 0.6 is 0 Å². The predicted molar refractivity (Wildman–Crippen MR) is 51.2 cm³/mol. The number of anilines is 1. The molecule has 70 valence electrons. The number of hydrazone groups is 1. The van der Waals surface area contributed by atoms with Gasteiger partial charge in [0.25, 0.3) is 0 Å². The molecule has 1 rings (SSSR count). The number of rotatable bonds is 4. The molecule has 0 unspecified atom stereocenters. The quantitative estimate of drug-likeness (QED) is 0.440. The van der Waals surface area contributed by atoms with Crippen molar-refractivity contribution in [3.05, 3.63) is 24.1 Å². The maximum Gasteiger partial charge on any atom is 0.214 e. The first kappa shape index (κ1) is 9.64. The van der Waals surface area contributed by atoms with Crippen molar-refractivity contribution in [1.29, 1.82) is 0 Å². The van der Waals surface area contributed by atoms with E-state index in [-0.39, 0.29) is 0 Å². The lowest BCUT2D eigenvalue weighted by Gasteiger charge is -1.97. The molecule has 0 saturated carbocycles. The Morgan fingerprint density at radius 1 is 1.62 bits per heavy atom. The largest absolute Gasteiger partial charge is 0.262 e. The molecule has 0 aliphatic carbocycles. The average Bonchev–Trinajstić information content (AvgIpc) is 2.13. The summed E-state index contributed by atoms with van der Waals surface area (Å²) in [5.74, 6) is -0.0805. The van der Waals surface area contributed by atoms with Crippen molar-refractivity contribution >= 4 is 12.0 Å². The zero-order valence-corrected chi connectivity index (χ0v) is 7.50. The Hall–Kier alpha value is -1.45. The normalized spacial score (nSPS) is 10.6. The van der Waals surface area contributed by atoms with E-state index in [1.54, 1.807) is 18.3 Å². The highest BCUT2D eigenvalue weighted by Gasteiger charge is 1.92. The number of nitrogens with zero attached hydrogens (tertiary/aromatic N) is 2. The van der Waals surface area contributed by atoms with Crippen LogP contribution in [0.1, 0.15) is 19.8 Å². The van der Waals surface area contributed by atoms with Crippen molar-refractivity contribution < 1.29 is 4.39 Å². The highest BCUT2D eigenvalue weighted by molar-refractivity contribution is 5.58. The summed E-state index contributed by atoms with van der Waals surface area (Å²) in [5.41, 5.74) is 2.64. The fourth-order valence-electron chi connectivity index (χ4n) is 0.776. The predicted octanol–water partition coefficient (Wildman–Crippen LogP) is 2.42. The Bertz CT molecular complexity index is 286. The number of hydrogen-bond donors (Lipinski definition) is 1. The molecule has 0 fully saturated rings. The lowest BCUT2D eigenvalue weighted by molar-refractivity contribution is 0.585. The molecule has 0 atom stereocenters. The van der Waals surface area contributed by atoms with Crippen molar-refractivity contribution in [2.45, 2.75) is 19.8 Å². The number of halogens is 1. The molecule has 3 nitrogen and oxygen atoms in total. The van der Waals surface area contributed by atoms with Gasteiger partial charge in [-0.1, -0.05) is 19.4 Å². The third kappa shape index (κ3) is 3.64. The molecule has 4 heteroatoms. The van der Waals surface area contributed by atoms with Crippen LogP contribution in [0, 0.1) is 5.95 Å². The summed E-state index contributed by atoms with van der Waals surface area (Å²) < 4.78 is 12.5. The number of unbranched alkanes of at least 4 members (excludes halogenated alkanes) is 1. The Morgan fingerprint density at radius 2 is 2.46 bits per heavy atom. The molecular formula is C9H12FN3. The van der Waals surface area contributed by atoms with E-state index in [0.717, 1.165) is 12.8 Å². The zero-order valence-electron chi connectivity index (χ0n) is 7.50. The Labute approximate surface area is 76.7 Å². The molecule has 1 N–H and O–H groups in total. The van der Waals surface area contributed by atoms with E-state index in [0.29, 0.717) is 5.82 Å². The second-order valence-corrected chi connectivity index (χ2v) is 2.56. The summed E-state index contributed by atoms with van der Waals surface area (Å²) in [7, 11) is 0. The monoisotopic (exact) mass is 181 g/mol. The van der Waals surface area contributed by atoms with Crippen LogP contribution in [0.3, 0.4) is 0 Å². The highest BCUT2D eigenvalue weighted by atomic mass is 19.1. The summed E-state index contributed by atoms with van der Waals surface area (Å²) >= 11 is 0. The minimum atomic E-state index is -0.504. The lowest BCUT2D eigenvalue weighted by Crippen LogP contribution is -1.93. The molecule has 0 aromatic carbocycles. The molecule has 0 aliphatic rings. The van der Waals surface area contributed by atoms with Crippen LogP contribution in [0.2, 0.25) is 0 Å². The Kier molecular flexibility index (Phi) is 3.88. The minimum absolute atomic E-state index is 0.423. The molecule has 0 spiro atoms. The SMILES string of the molecule is CCC/C=N/Nc1cccc(F)n1. The molecule has 1 aromatic rings. The highest BCUT2D eigenvalue weighted by Crippen LogP contribution is 2.02. The number of pyridine rings is 1. The van der Waals surface area contributed by atoms with Crippen molar-refractivity contribution in [3.63, 3.8) is 0 Å². The van der Waals surface area contributed by atoms with Crippen LogP contribution < -0.4 is 5.43 Å². The molecule has 0 aliphatic heterocycles. The summed E-state index contributed by atoms with van der Waals surface area (Å²) in [6.07, 6.45) is 3.69. The lowest BCUT2D eigenvalue weighted by atomic mass is 10.4. The first-order chi connectivity index (χ1) is 6.33. The molecule has 0 amide bonds. The van der Waals surface area contributed by atoms with Gasteiger partial charge in [0.05, 0.1) is 0 Å². The first-order valence-corrected chi connectivity index (χ1v) is 4.23. The van der Waals surface area contributed by atoms with Gasteiger partial charge in [0.1, 0.15) is 5.82 Å². The Balaban J connectivity index is 2.45. The van der Waals surface area contributed by atoms with E-state index in [1.807, 2.05) is 0 Å². The van der Waals surface area contributed by atoms with Gasteiger partial charge in [-0.05, 0) is 18.6 Å². The standard InChI is InChI=1S/C9H12FN3/c1-2-3-7-11-13-9-6-4-5-8(10)12-9/h4-7H,2-3H2,1H3,(H,12,13)/b11-7+. The van der Waals surface area contributed by atoms with E-state index in [9.17, 15) is 4.39 Å². The molecular weight excluding hydrogens is 169 g/mol. The number of hydrogen-bond acceptors (Lipinski definition) is 3. The maximum atomic E-state index is 12.5. The van der Waals surface area contributed by atoms with Crippen molar-refractivity contribution in [1.82, 2.24) is 4.98 Å². The van der Waals surface area contributed by atoms with Gasteiger partial charge in [-0.15, -0.1) is 0 Å². The van der Waals surface area contributed by atoms with E-state index in [2.05, 4.69) is 22.4 Å². The molecule has 1 heterocycles. The molecule has 13 heavy (non-hydrogen) atoms. The third-order valence-electron chi connectivity index (χ3n) is 1.40. The van der Waals surface area contributed by atoms with E-state index >= 15 is 0 Å². The van der Waals surface area contributed by atoms with E-state index in [1.165, 1.54) is 6.07 Å². The van der Waals surface area contributed by atoms with Gasteiger partial charge in [0, 0.05) is 6.21 Å². The fraction of sp³-hybridized carbons (Fsp3) is 0.333. The minimum Gasteiger partial charge on any atom is -0.262 e. The number of aromatic nitrogens is 1. The maximum absolute atomic E-state index is 12.5. The molecule has 1 aromatic heterocycles. The van der Waals surface area contributed by atoms with Gasteiger partial charge in [-0.3, -0.25) is 5.43 Å². The second-order valence-electron chi connectivity index (χ2n) is 2.56. The summed E-state index contributed by atoms with van der Waals surface area (Å²) in [4.78, 5) is 3.58. The summed E-state index contributed by atoms with van der Waals surface area (Å²) in [6.45, 7) is 2.06.